The highest BCUT2D eigenvalue weighted by Crippen LogP contribution is 2.13. The van der Waals surface area contributed by atoms with Crippen LogP contribution in [0.3, 0.4) is 0 Å². The van der Waals surface area contributed by atoms with E-state index < -0.39 is 0 Å². The van der Waals surface area contributed by atoms with Gasteiger partial charge < -0.3 is 10.2 Å². The van der Waals surface area contributed by atoms with Gasteiger partial charge in [-0.1, -0.05) is 19.9 Å². The fourth-order valence-corrected chi connectivity index (χ4v) is 3.37. The molecule has 1 aliphatic heterocycles. The van der Waals surface area contributed by atoms with Gasteiger partial charge in [0.15, 0.2) is 0 Å². The second-order valence-electron chi connectivity index (χ2n) is 5.86. The van der Waals surface area contributed by atoms with Crippen LogP contribution in [0.25, 0.3) is 0 Å². The molecule has 3 nitrogen and oxygen atoms in total. The summed E-state index contributed by atoms with van der Waals surface area (Å²) in [6.45, 7) is 11.6. The lowest BCUT2D eigenvalue weighted by Gasteiger charge is -2.40. The molecule has 1 N–H and O–H groups in total. The van der Waals surface area contributed by atoms with E-state index in [1.54, 1.807) is 0 Å². The third kappa shape index (κ3) is 4.56. The number of nitrogens with one attached hydrogen (secondary N) is 1. The molecule has 1 saturated heterocycles. The van der Waals surface area contributed by atoms with Crippen molar-refractivity contribution in [3.05, 3.63) is 22.4 Å². The minimum absolute atomic E-state index is 0.661. The summed E-state index contributed by atoms with van der Waals surface area (Å²) in [7, 11) is 2.22. The van der Waals surface area contributed by atoms with Crippen LogP contribution in [0.15, 0.2) is 17.5 Å². The van der Waals surface area contributed by atoms with Crippen molar-refractivity contribution in [1.82, 2.24) is 15.1 Å². The maximum atomic E-state index is 3.63. The standard InChI is InChI=1S/C15H27N3S/c1-13(2)15(18-8-6-17(3)7-9-18)12-16-11-14-5-4-10-19-14/h4-5,10,13,15-16H,6-9,11-12H2,1-3H3. The topological polar surface area (TPSA) is 18.5 Å². The molecule has 19 heavy (non-hydrogen) atoms. The van der Waals surface area contributed by atoms with Crippen LogP contribution >= 0.6 is 11.3 Å². The van der Waals surface area contributed by atoms with Gasteiger partial charge >= 0.3 is 0 Å². The smallest absolute Gasteiger partial charge is 0.0300 e. The zero-order valence-corrected chi connectivity index (χ0v) is 13.2. The molecular formula is C15H27N3S. The van der Waals surface area contributed by atoms with Gasteiger partial charge in [-0.25, -0.2) is 0 Å². The van der Waals surface area contributed by atoms with Crippen LogP contribution in [0.5, 0.6) is 0 Å². The van der Waals surface area contributed by atoms with Crippen molar-refractivity contribution in [3.8, 4) is 0 Å². The first-order valence-electron chi connectivity index (χ1n) is 7.32. The number of hydrogen-bond donors (Lipinski definition) is 1. The third-order valence-electron chi connectivity index (χ3n) is 4.01. The summed E-state index contributed by atoms with van der Waals surface area (Å²) in [6, 6.07) is 4.99. The highest BCUT2D eigenvalue weighted by molar-refractivity contribution is 7.09. The van der Waals surface area contributed by atoms with E-state index in [2.05, 4.69) is 53.5 Å². The van der Waals surface area contributed by atoms with Crippen LogP contribution in [0.1, 0.15) is 18.7 Å². The zero-order chi connectivity index (χ0) is 13.7. The fraction of sp³-hybridized carbons (Fsp3) is 0.733. The number of likely N-dealkylation sites (N-methyl/N-ethyl adjacent to an activating group) is 1. The molecule has 2 rings (SSSR count). The number of hydrogen-bond acceptors (Lipinski definition) is 4. The molecule has 0 aliphatic carbocycles. The van der Waals surface area contributed by atoms with Crippen LogP contribution < -0.4 is 5.32 Å². The molecule has 1 aromatic heterocycles. The molecular weight excluding hydrogens is 254 g/mol. The van der Waals surface area contributed by atoms with Crippen LogP contribution in [-0.4, -0.2) is 55.6 Å². The summed E-state index contributed by atoms with van der Waals surface area (Å²) in [6.07, 6.45) is 0. The Morgan fingerprint density at radius 3 is 2.58 bits per heavy atom. The second-order valence-corrected chi connectivity index (χ2v) is 6.89. The Morgan fingerprint density at radius 1 is 1.26 bits per heavy atom. The highest BCUT2D eigenvalue weighted by Gasteiger charge is 2.24. The maximum Gasteiger partial charge on any atom is 0.0300 e. The molecule has 0 saturated carbocycles. The predicted octanol–water partition coefficient (Wildman–Crippen LogP) is 2.11. The average Bonchev–Trinajstić information content (AvgIpc) is 2.89. The van der Waals surface area contributed by atoms with Gasteiger partial charge in [-0.05, 0) is 24.4 Å². The molecule has 1 aromatic rings. The summed E-state index contributed by atoms with van der Waals surface area (Å²) < 4.78 is 0. The first-order valence-corrected chi connectivity index (χ1v) is 8.20. The largest absolute Gasteiger partial charge is 0.310 e. The van der Waals surface area contributed by atoms with Crippen molar-refractivity contribution < 1.29 is 0 Å². The summed E-state index contributed by atoms with van der Waals surface area (Å²) in [4.78, 5) is 6.51. The zero-order valence-electron chi connectivity index (χ0n) is 12.4. The number of nitrogens with zero attached hydrogens (tertiary/aromatic N) is 2. The van der Waals surface area contributed by atoms with E-state index >= 15 is 0 Å². The van der Waals surface area contributed by atoms with E-state index in [-0.39, 0.29) is 0 Å². The minimum atomic E-state index is 0.661. The number of thiophene rings is 1. The lowest BCUT2D eigenvalue weighted by molar-refractivity contribution is 0.0875. The molecule has 1 unspecified atom stereocenters. The Hall–Kier alpha value is -0.420. The quantitative estimate of drug-likeness (QED) is 0.861. The highest BCUT2D eigenvalue weighted by atomic mass is 32.1. The first kappa shape index (κ1) is 15.0. The van der Waals surface area contributed by atoms with Gasteiger partial charge in [0, 0.05) is 50.2 Å². The number of piperazine rings is 1. The summed E-state index contributed by atoms with van der Waals surface area (Å²) in [5.41, 5.74) is 0. The molecule has 2 heterocycles. The summed E-state index contributed by atoms with van der Waals surface area (Å²) in [5, 5.41) is 5.78. The lowest BCUT2D eigenvalue weighted by Crippen LogP contribution is -2.53. The minimum Gasteiger partial charge on any atom is -0.310 e. The van der Waals surface area contributed by atoms with E-state index in [4.69, 9.17) is 0 Å². The van der Waals surface area contributed by atoms with Crippen molar-refractivity contribution in [3.63, 3.8) is 0 Å². The second kappa shape index (κ2) is 7.39. The van der Waals surface area contributed by atoms with E-state index in [1.807, 2.05) is 11.3 Å². The molecule has 1 fully saturated rings. The van der Waals surface area contributed by atoms with Crippen molar-refractivity contribution in [2.24, 2.45) is 5.92 Å². The molecule has 0 spiro atoms. The van der Waals surface area contributed by atoms with Crippen LogP contribution in [0.4, 0.5) is 0 Å². The van der Waals surface area contributed by atoms with Gasteiger partial charge in [0.1, 0.15) is 0 Å². The van der Waals surface area contributed by atoms with E-state index in [9.17, 15) is 0 Å². The Morgan fingerprint density at radius 2 is 2.00 bits per heavy atom. The number of rotatable bonds is 6. The third-order valence-corrected chi connectivity index (χ3v) is 4.89. The molecule has 1 aliphatic rings. The van der Waals surface area contributed by atoms with Gasteiger partial charge in [0.05, 0.1) is 0 Å². The Kier molecular flexibility index (Phi) is 5.82. The van der Waals surface area contributed by atoms with E-state index in [0.29, 0.717) is 12.0 Å². The summed E-state index contributed by atoms with van der Waals surface area (Å²) in [5.74, 6) is 0.708. The molecule has 0 aromatic carbocycles. The Labute approximate surface area is 121 Å². The molecule has 0 radical (unpaired) electrons. The molecule has 0 amide bonds. The van der Waals surface area contributed by atoms with Gasteiger partial charge in [-0.2, -0.15) is 0 Å². The van der Waals surface area contributed by atoms with E-state index in [0.717, 1.165) is 13.1 Å². The molecule has 1 atom stereocenters. The Balaban J connectivity index is 1.79. The Bertz CT molecular complexity index is 342. The first-order chi connectivity index (χ1) is 9.16. The van der Waals surface area contributed by atoms with Crippen LogP contribution in [-0.2, 0) is 6.54 Å². The molecule has 4 heteroatoms. The maximum absolute atomic E-state index is 3.63. The van der Waals surface area contributed by atoms with Crippen molar-refractivity contribution in [2.45, 2.75) is 26.4 Å². The predicted molar refractivity (Wildman–Crippen MR) is 83.7 cm³/mol. The summed E-state index contributed by atoms with van der Waals surface area (Å²) >= 11 is 1.84. The lowest BCUT2D eigenvalue weighted by atomic mass is 10.0. The van der Waals surface area contributed by atoms with Crippen molar-refractivity contribution in [2.75, 3.05) is 39.8 Å². The van der Waals surface area contributed by atoms with Gasteiger partial charge in [-0.3, -0.25) is 4.90 Å². The van der Waals surface area contributed by atoms with Crippen molar-refractivity contribution in [1.29, 1.82) is 0 Å². The van der Waals surface area contributed by atoms with Gasteiger partial charge in [0.25, 0.3) is 0 Å². The molecule has 0 bridgehead atoms. The monoisotopic (exact) mass is 281 g/mol. The van der Waals surface area contributed by atoms with Gasteiger partial charge in [0.2, 0.25) is 0 Å². The van der Waals surface area contributed by atoms with Gasteiger partial charge in [-0.15, -0.1) is 11.3 Å². The average molecular weight is 281 g/mol. The normalized spacial score (nSPS) is 20.0. The molecule has 108 valence electrons. The van der Waals surface area contributed by atoms with Crippen LogP contribution in [0, 0.1) is 5.92 Å². The van der Waals surface area contributed by atoms with Crippen LogP contribution in [0.2, 0.25) is 0 Å². The fourth-order valence-electron chi connectivity index (χ4n) is 2.70. The van der Waals surface area contributed by atoms with E-state index in [1.165, 1.54) is 31.1 Å². The van der Waals surface area contributed by atoms with Crippen molar-refractivity contribution >= 4 is 11.3 Å². The SMILES string of the molecule is CC(C)C(CNCc1cccs1)N1CCN(C)CC1.